The summed E-state index contributed by atoms with van der Waals surface area (Å²) < 4.78 is 55.4. The number of hydrogen-bond acceptors (Lipinski definition) is 6. The van der Waals surface area contributed by atoms with Gasteiger partial charge in [-0.25, -0.2) is 26.7 Å². The van der Waals surface area contributed by atoms with Gasteiger partial charge in [0.05, 0.1) is 7.11 Å². The summed E-state index contributed by atoms with van der Waals surface area (Å²) in [6.07, 6.45) is 0. The minimum absolute atomic E-state index is 0.0490. The molecule has 0 heterocycles. The van der Waals surface area contributed by atoms with Gasteiger partial charge in [-0.3, -0.25) is 4.79 Å². The van der Waals surface area contributed by atoms with E-state index < -0.39 is 35.7 Å². The summed E-state index contributed by atoms with van der Waals surface area (Å²) in [7, 11) is -7.31. The number of sulfonamides is 2. The number of carbonyl (C=O) groups is 1. The lowest BCUT2D eigenvalue weighted by Gasteiger charge is -2.14. The van der Waals surface area contributed by atoms with Gasteiger partial charge in [0.2, 0.25) is 10.0 Å². The Bertz CT molecular complexity index is 1080. The van der Waals surface area contributed by atoms with Crippen LogP contribution >= 0.6 is 0 Å². The van der Waals surface area contributed by atoms with Crippen LogP contribution < -0.4 is 14.6 Å². The molecule has 0 saturated heterocycles. The molecule has 0 saturated carbocycles. The zero-order valence-corrected chi connectivity index (χ0v) is 16.6. The summed E-state index contributed by atoms with van der Waals surface area (Å²) in [6, 6.07) is 9.32. The summed E-state index contributed by atoms with van der Waals surface area (Å²) in [5.74, 6) is -0.338. The van der Waals surface area contributed by atoms with Crippen molar-refractivity contribution in [3.8, 4) is 5.75 Å². The minimum atomic E-state index is -4.47. The SMILES string of the molecule is COc1cc(C(=O)NS(=O)(=O)c2ccccc2S(N)(=O)=O)ccc1C(C)C. The number of ether oxygens (including phenoxy) is 1. The van der Waals surface area contributed by atoms with Gasteiger partial charge in [0, 0.05) is 5.56 Å². The van der Waals surface area contributed by atoms with Gasteiger partial charge >= 0.3 is 0 Å². The van der Waals surface area contributed by atoms with Gasteiger partial charge in [-0.1, -0.05) is 32.0 Å². The molecule has 8 nitrogen and oxygen atoms in total. The Morgan fingerprint density at radius 3 is 2.15 bits per heavy atom. The molecule has 0 fully saturated rings. The van der Waals surface area contributed by atoms with Crippen LogP contribution in [0.4, 0.5) is 0 Å². The molecule has 0 spiro atoms. The highest BCUT2D eigenvalue weighted by Crippen LogP contribution is 2.27. The number of nitrogens with one attached hydrogen (secondary N) is 1. The summed E-state index contributed by atoms with van der Waals surface area (Å²) in [4.78, 5) is 11.2. The van der Waals surface area contributed by atoms with Crippen molar-refractivity contribution >= 4 is 26.0 Å². The van der Waals surface area contributed by atoms with E-state index in [1.54, 1.807) is 6.07 Å². The Labute approximate surface area is 158 Å². The Morgan fingerprint density at radius 2 is 1.63 bits per heavy atom. The third-order valence-corrected chi connectivity index (χ3v) is 6.28. The average Bonchev–Trinajstić information content (AvgIpc) is 2.59. The predicted octanol–water partition coefficient (Wildman–Crippen LogP) is 1.58. The molecule has 10 heteroatoms. The first-order valence-electron chi connectivity index (χ1n) is 7.84. The molecule has 2 rings (SSSR count). The summed E-state index contributed by atoms with van der Waals surface area (Å²) >= 11 is 0. The van der Waals surface area contributed by atoms with Crippen LogP contribution in [-0.2, 0) is 20.0 Å². The van der Waals surface area contributed by atoms with Crippen molar-refractivity contribution in [1.82, 2.24) is 4.72 Å². The molecular formula is C17H20N2O6S2. The van der Waals surface area contributed by atoms with E-state index in [1.807, 2.05) is 18.6 Å². The molecule has 0 aliphatic heterocycles. The maximum Gasteiger partial charge on any atom is 0.265 e. The van der Waals surface area contributed by atoms with Crippen LogP contribution in [0.1, 0.15) is 35.7 Å². The van der Waals surface area contributed by atoms with E-state index >= 15 is 0 Å². The molecule has 2 aromatic rings. The van der Waals surface area contributed by atoms with Gasteiger partial charge in [0.1, 0.15) is 15.5 Å². The molecule has 0 aliphatic carbocycles. The third-order valence-electron chi connectivity index (χ3n) is 3.79. The van der Waals surface area contributed by atoms with E-state index in [4.69, 9.17) is 9.88 Å². The Balaban J connectivity index is 2.41. The van der Waals surface area contributed by atoms with E-state index in [9.17, 15) is 21.6 Å². The number of carbonyl (C=O) groups excluding carboxylic acids is 1. The van der Waals surface area contributed by atoms with Crippen LogP contribution in [0.5, 0.6) is 5.75 Å². The molecule has 0 unspecified atom stereocenters. The van der Waals surface area contributed by atoms with Crippen LogP contribution in [0.25, 0.3) is 0 Å². The Kier molecular flexibility index (Phi) is 5.93. The van der Waals surface area contributed by atoms with Crippen molar-refractivity contribution in [3.63, 3.8) is 0 Å². The maximum atomic E-state index is 12.5. The fourth-order valence-electron chi connectivity index (χ4n) is 2.47. The van der Waals surface area contributed by atoms with Crippen molar-refractivity contribution in [3.05, 3.63) is 53.6 Å². The predicted molar refractivity (Wildman–Crippen MR) is 99.6 cm³/mol. The van der Waals surface area contributed by atoms with Crippen LogP contribution in [0.2, 0.25) is 0 Å². The molecule has 146 valence electrons. The van der Waals surface area contributed by atoms with Gasteiger partial charge in [-0.15, -0.1) is 0 Å². The maximum absolute atomic E-state index is 12.5. The highest BCUT2D eigenvalue weighted by molar-refractivity contribution is 7.92. The number of benzene rings is 2. The first-order chi connectivity index (χ1) is 12.5. The van der Waals surface area contributed by atoms with Gasteiger partial charge in [0.25, 0.3) is 15.9 Å². The van der Waals surface area contributed by atoms with Gasteiger partial charge < -0.3 is 4.74 Å². The third kappa shape index (κ3) is 4.65. The topological polar surface area (TPSA) is 133 Å². The Hall–Kier alpha value is -2.43. The molecule has 0 bridgehead atoms. The van der Waals surface area contributed by atoms with Crippen molar-refractivity contribution in [2.45, 2.75) is 29.6 Å². The molecule has 0 atom stereocenters. The zero-order chi connectivity index (χ0) is 20.4. The van der Waals surface area contributed by atoms with Gasteiger partial charge in [-0.2, -0.15) is 0 Å². The van der Waals surface area contributed by atoms with E-state index in [-0.39, 0.29) is 11.5 Å². The lowest BCUT2D eigenvalue weighted by molar-refractivity contribution is 0.0981. The standard InChI is InChI=1S/C17H20N2O6S2/c1-11(2)13-9-8-12(10-14(13)25-3)17(20)19-27(23,24)16-7-5-4-6-15(16)26(18,21)22/h4-11H,1-3H3,(H,19,20)(H2,18,21,22). The Morgan fingerprint density at radius 1 is 1.04 bits per heavy atom. The fourth-order valence-corrected chi connectivity index (χ4v) is 4.83. The molecule has 0 aromatic heterocycles. The molecule has 27 heavy (non-hydrogen) atoms. The van der Waals surface area contributed by atoms with Crippen molar-refractivity contribution in [2.24, 2.45) is 5.14 Å². The number of primary sulfonamides is 1. The lowest BCUT2D eigenvalue weighted by atomic mass is 10.00. The highest BCUT2D eigenvalue weighted by Gasteiger charge is 2.26. The second kappa shape index (κ2) is 7.67. The first kappa shape index (κ1) is 20.9. The number of nitrogens with two attached hydrogens (primary N) is 1. The van der Waals surface area contributed by atoms with Crippen LogP contribution in [0.15, 0.2) is 52.3 Å². The number of rotatable bonds is 6. The van der Waals surface area contributed by atoms with Crippen molar-refractivity contribution < 1.29 is 26.4 Å². The average molecular weight is 412 g/mol. The van der Waals surface area contributed by atoms with Gasteiger partial charge in [0.15, 0.2) is 0 Å². The van der Waals surface area contributed by atoms with Crippen LogP contribution in [-0.4, -0.2) is 29.9 Å². The molecular weight excluding hydrogens is 392 g/mol. The molecule has 2 aromatic carbocycles. The number of amides is 1. The quantitative estimate of drug-likeness (QED) is 0.740. The fraction of sp³-hybridized carbons (Fsp3) is 0.235. The molecule has 0 aliphatic rings. The van der Waals surface area contributed by atoms with Crippen LogP contribution in [0.3, 0.4) is 0 Å². The summed E-state index contributed by atoms with van der Waals surface area (Å²) in [6.45, 7) is 3.90. The normalized spacial score (nSPS) is 12.0. The monoisotopic (exact) mass is 412 g/mol. The molecule has 3 N–H and O–H groups in total. The zero-order valence-electron chi connectivity index (χ0n) is 15.0. The van der Waals surface area contributed by atoms with Crippen LogP contribution in [0, 0.1) is 0 Å². The second-order valence-electron chi connectivity index (χ2n) is 6.04. The van der Waals surface area contributed by atoms with Gasteiger partial charge in [-0.05, 0) is 35.7 Å². The lowest BCUT2D eigenvalue weighted by Crippen LogP contribution is -2.32. The largest absolute Gasteiger partial charge is 0.496 e. The van der Waals surface area contributed by atoms with Crippen molar-refractivity contribution in [1.29, 1.82) is 0 Å². The van der Waals surface area contributed by atoms with E-state index in [0.29, 0.717) is 5.75 Å². The van der Waals surface area contributed by atoms with Crippen molar-refractivity contribution in [2.75, 3.05) is 7.11 Å². The van der Waals surface area contributed by atoms with E-state index in [0.717, 1.165) is 17.7 Å². The van der Waals surface area contributed by atoms with E-state index in [2.05, 4.69) is 0 Å². The summed E-state index contributed by atoms with van der Waals surface area (Å²) in [5.41, 5.74) is 0.907. The number of hydrogen-bond donors (Lipinski definition) is 2. The molecule has 0 radical (unpaired) electrons. The number of methoxy groups -OCH3 is 1. The summed E-state index contributed by atoms with van der Waals surface area (Å²) in [5, 5.41) is 5.06. The van der Waals surface area contributed by atoms with E-state index in [1.165, 1.54) is 31.4 Å². The minimum Gasteiger partial charge on any atom is -0.496 e. The first-order valence-corrected chi connectivity index (χ1v) is 10.9. The smallest absolute Gasteiger partial charge is 0.265 e. The highest BCUT2D eigenvalue weighted by atomic mass is 32.2. The second-order valence-corrected chi connectivity index (χ2v) is 9.22. The molecule has 1 amide bonds.